The molecular weight excluding hydrogens is 538 g/mol. The van der Waals surface area contributed by atoms with E-state index in [-0.39, 0.29) is 17.5 Å². The number of nitrogens with one attached hydrogen (secondary N) is 2. The van der Waals surface area contributed by atoms with E-state index in [9.17, 15) is 22.8 Å². The summed E-state index contributed by atoms with van der Waals surface area (Å²) < 4.78 is 36.1. The van der Waals surface area contributed by atoms with Crippen molar-refractivity contribution >= 4 is 27.6 Å². The van der Waals surface area contributed by atoms with E-state index >= 15 is 0 Å². The third-order valence-electron chi connectivity index (χ3n) is 5.68. The van der Waals surface area contributed by atoms with Crippen LogP contribution in [-0.4, -0.2) is 85.8 Å². The number of ketones is 1. The van der Waals surface area contributed by atoms with Crippen LogP contribution in [0.1, 0.15) is 30.1 Å². The minimum absolute atomic E-state index is 0.211. The minimum atomic E-state index is -3.82. The number of carbonyl (C=O) groups excluding carboxylic acids is 3. The van der Waals surface area contributed by atoms with Gasteiger partial charge in [0.2, 0.25) is 17.5 Å². The summed E-state index contributed by atoms with van der Waals surface area (Å²) in [5.41, 5.74) is 1.20. The molecule has 1 unspecified atom stereocenters. The molecule has 0 saturated carbocycles. The maximum atomic E-state index is 13.0. The van der Waals surface area contributed by atoms with E-state index in [1.54, 1.807) is 54.6 Å². The summed E-state index contributed by atoms with van der Waals surface area (Å²) in [4.78, 5) is 43.8. The van der Waals surface area contributed by atoms with E-state index in [1.165, 1.54) is 4.90 Å². The average molecular weight is 572 g/mol. The molecule has 0 aliphatic carbocycles. The van der Waals surface area contributed by atoms with Crippen LogP contribution >= 0.6 is 0 Å². The maximum Gasteiger partial charge on any atom is 0.318 e. The minimum Gasteiger partial charge on any atom is -0.378 e. The first kappa shape index (κ1) is 30.4. The van der Waals surface area contributed by atoms with Gasteiger partial charge in [0.25, 0.3) is 5.89 Å². The van der Waals surface area contributed by atoms with Crippen molar-refractivity contribution < 1.29 is 32.1 Å². The highest BCUT2D eigenvalue weighted by Gasteiger charge is 2.30. The Bertz CT molecular complexity index is 1360. The van der Waals surface area contributed by atoms with Gasteiger partial charge in [-0.05, 0) is 5.56 Å². The highest BCUT2D eigenvalue weighted by molar-refractivity contribution is 7.90. The number of amides is 3. The van der Waals surface area contributed by atoms with Crippen LogP contribution in [-0.2, 0) is 25.1 Å². The van der Waals surface area contributed by atoms with Crippen LogP contribution in [0.5, 0.6) is 0 Å². The fraction of sp³-hybridized carbons (Fsp3) is 0.370. The molecule has 3 aromatic rings. The molecule has 2 N–H and O–H groups in total. The molecule has 0 radical (unpaired) electrons. The fourth-order valence-corrected chi connectivity index (χ4v) is 5.30. The van der Waals surface area contributed by atoms with E-state index < -0.39 is 45.9 Å². The van der Waals surface area contributed by atoms with Crippen LogP contribution in [0.3, 0.4) is 0 Å². The molecule has 1 aliphatic heterocycles. The molecule has 0 spiro atoms. The van der Waals surface area contributed by atoms with E-state index in [1.807, 2.05) is 19.9 Å². The number of hydrogen-bond donors (Lipinski definition) is 2. The van der Waals surface area contributed by atoms with E-state index in [2.05, 4.69) is 20.8 Å². The van der Waals surface area contributed by atoms with Gasteiger partial charge in [-0.15, -0.1) is 0 Å². The first-order chi connectivity index (χ1) is 19.3. The lowest BCUT2D eigenvalue weighted by atomic mass is 10.2. The number of ether oxygens (including phenoxy) is 1. The van der Waals surface area contributed by atoms with E-state index in [0.717, 1.165) is 0 Å². The number of Topliss-reactive ketones (excluding diaryl/α,β-unsaturated/α-hetero) is 1. The summed E-state index contributed by atoms with van der Waals surface area (Å²) in [7, 11) is -3.82. The standard InChI is InChI=1S/C25H27N5O7S.C2H6/c31-21(24-28-22(29-37-24)19-9-5-2-6-10-19)15-26-23(32)20(27-25(33)30-11-13-36-14-12-30)17-38(34,35)16-18-7-3-1-4-8-18;1-2/h1-10,20H,11-17H2,(H,26,32)(H,27,33);1-2H3. The van der Waals surface area contributed by atoms with Crippen LogP contribution < -0.4 is 10.6 Å². The topological polar surface area (TPSA) is 161 Å². The third kappa shape index (κ3) is 8.99. The first-order valence-electron chi connectivity index (χ1n) is 12.9. The lowest BCUT2D eigenvalue weighted by molar-refractivity contribution is -0.122. The number of urea groups is 1. The molecule has 2 heterocycles. The van der Waals surface area contributed by atoms with Crippen LogP contribution in [0.15, 0.2) is 65.2 Å². The zero-order chi connectivity index (χ0) is 29.0. The molecular formula is C27H33N5O7S. The molecule has 12 nitrogen and oxygen atoms in total. The Labute approximate surface area is 233 Å². The van der Waals surface area contributed by atoms with Crippen LogP contribution in [0, 0.1) is 0 Å². The van der Waals surface area contributed by atoms with Crippen molar-refractivity contribution in [1.29, 1.82) is 0 Å². The van der Waals surface area contributed by atoms with Gasteiger partial charge in [0.15, 0.2) is 9.84 Å². The van der Waals surface area contributed by atoms with E-state index in [0.29, 0.717) is 37.4 Å². The molecule has 1 saturated heterocycles. The Morgan fingerprint density at radius 3 is 2.25 bits per heavy atom. The summed E-state index contributed by atoms with van der Waals surface area (Å²) in [6, 6.07) is 15.3. The van der Waals surface area contributed by atoms with Gasteiger partial charge in [0.1, 0.15) is 6.04 Å². The second-order valence-electron chi connectivity index (χ2n) is 8.57. The molecule has 13 heteroatoms. The van der Waals surface area contributed by atoms with Crippen molar-refractivity contribution in [1.82, 2.24) is 25.7 Å². The molecule has 1 atom stereocenters. The predicted molar refractivity (Wildman–Crippen MR) is 147 cm³/mol. The summed E-state index contributed by atoms with van der Waals surface area (Å²) >= 11 is 0. The van der Waals surface area contributed by atoms with Gasteiger partial charge in [-0.3, -0.25) is 9.59 Å². The van der Waals surface area contributed by atoms with E-state index in [4.69, 9.17) is 9.26 Å². The van der Waals surface area contributed by atoms with Crippen LogP contribution in [0.4, 0.5) is 4.79 Å². The maximum absolute atomic E-state index is 13.0. The van der Waals surface area contributed by atoms with Gasteiger partial charge in [0.05, 0.1) is 31.3 Å². The fourth-order valence-electron chi connectivity index (χ4n) is 3.74. The molecule has 40 heavy (non-hydrogen) atoms. The number of benzene rings is 2. The lowest BCUT2D eigenvalue weighted by Crippen LogP contribution is -2.56. The zero-order valence-corrected chi connectivity index (χ0v) is 23.2. The average Bonchev–Trinajstić information content (AvgIpc) is 3.48. The largest absolute Gasteiger partial charge is 0.378 e. The molecule has 214 valence electrons. The smallest absolute Gasteiger partial charge is 0.318 e. The number of morpholine rings is 1. The van der Waals surface area contributed by atoms with Crippen molar-refractivity contribution in [3.8, 4) is 11.4 Å². The number of carbonyl (C=O) groups is 3. The first-order valence-corrected chi connectivity index (χ1v) is 14.7. The molecule has 1 aromatic heterocycles. The Morgan fingerprint density at radius 2 is 1.60 bits per heavy atom. The number of rotatable bonds is 10. The molecule has 1 aliphatic rings. The zero-order valence-electron chi connectivity index (χ0n) is 22.4. The molecule has 4 rings (SSSR count). The van der Waals surface area contributed by atoms with Gasteiger partial charge < -0.3 is 24.8 Å². The second-order valence-corrected chi connectivity index (χ2v) is 10.7. The van der Waals surface area contributed by atoms with Crippen molar-refractivity contribution in [3.05, 3.63) is 72.1 Å². The number of hydrogen-bond acceptors (Lipinski definition) is 9. The lowest BCUT2D eigenvalue weighted by Gasteiger charge is -2.29. The summed E-state index contributed by atoms with van der Waals surface area (Å²) in [6.07, 6.45) is 0. The quantitative estimate of drug-likeness (QED) is 0.347. The van der Waals surface area contributed by atoms with Crippen molar-refractivity contribution in [3.63, 3.8) is 0 Å². The number of sulfone groups is 1. The summed E-state index contributed by atoms with van der Waals surface area (Å²) in [5.74, 6) is -2.57. The van der Waals surface area contributed by atoms with Crippen LogP contribution in [0.2, 0.25) is 0 Å². The molecule has 3 amide bonds. The Balaban J connectivity index is 0.00000216. The Kier molecular flexibility index (Phi) is 11.3. The highest BCUT2D eigenvalue weighted by atomic mass is 32.2. The van der Waals surface area contributed by atoms with Gasteiger partial charge in [-0.2, -0.15) is 4.98 Å². The SMILES string of the molecule is CC.O=C(CNC(=O)C(CS(=O)(=O)Cc1ccccc1)NC(=O)N1CCOCC1)c1nc(-c2ccccc2)no1. The number of nitrogens with zero attached hydrogens (tertiary/aromatic N) is 3. The summed E-state index contributed by atoms with van der Waals surface area (Å²) in [5, 5.41) is 8.66. The second kappa shape index (κ2) is 14.9. The molecule has 0 bridgehead atoms. The van der Waals surface area contributed by atoms with Crippen molar-refractivity contribution in [2.45, 2.75) is 25.6 Å². The number of aromatic nitrogens is 2. The normalized spacial score (nSPS) is 13.9. The molecule has 1 fully saturated rings. The Morgan fingerprint density at radius 1 is 0.975 bits per heavy atom. The van der Waals surface area contributed by atoms with Gasteiger partial charge >= 0.3 is 6.03 Å². The Hall–Kier alpha value is -4.10. The van der Waals surface area contributed by atoms with Crippen LogP contribution in [0.25, 0.3) is 11.4 Å². The molecule has 2 aromatic carbocycles. The van der Waals surface area contributed by atoms with Crippen molar-refractivity contribution in [2.75, 3.05) is 38.6 Å². The highest BCUT2D eigenvalue weighted by Crippen LogP contribution is 2.15. The van der Waals surface area contributed by atoms with Gasteiger partial charge in [-0.1, -0.05) is 79.7 Å². The van der Waals surface area contributed by atoms with Crippen molar-refractivity contribution in [2.24, 2.45) is 0 Å². The predicted octanol–water partition coefficient (Wildman–Crippen LogP) is 2.09. The summed E-state index contributed by atoms with van der Waals surface area (Å²) in [6.45, 7) is 4.74. The van der Waals surface area contributed by atoms with Gasteiger partial charge in [-0.25, -0.2) is 13.2 Å². The van der Waals surface area contributed by atoms with Gasteiger partial charge in [0, 0.05) is 18.7 Å². The third-order valence-corrected chi connectivity index (χ3v) is 7.30. The monoisotopic (exact) mass is 571 g/mol.